The number of fused-ring (bicyclic) bond motifs is 1. The van der Waals surface area contributed by atoms with Crippen LogP contribution in [0.5, 0.6) is 0 Å². The van der Waals surface area contributed by atoms with Gasteiger partial charge in [-0.1, -0.05) is 23.7 Å². The zero-order valence-electron chi connectivity index (χ0n) is 11.8. The zero-order valence-corrected chi connectivity index (χ0v) is 12.6. The van der Waals surface area contributed by atoms with Gasteiger partial charge in [-0.25, -0.2) is 4.39 Å². The Balaban J connectivity index is 2.14. The van der Waals surface area contributed by atoms with Crippen molar-refractivity contribution in [3.8, 4) is 0 Å². The number of carbonyl (C=O) groups excluding carboxylic acids is 1. The first-order chi connectivity index (χ1) is 9.95. The van der Waals surface area contributed by atoms with E-state index in [9.17, 15) is 9.18 Å². The van der Waals surface area contributed by atoms with Crippen LogP contribution in [-0.4, -0.2) is 5.91 Å². The minimum Gasteiger partial charge on any atom is -0.326 e. The maximum atomic E-state index is 13.7. The van der Waals surface area contributed by atoms with Crippen LogP contribution in [0.1, 0.15) is 34.6 Å². The van der Waals surface area contributed by atoms with Gasteiger partial charge in [-0.3, -0.25) is 4.79 Å². The molecule has 0 saturated carbocycles. The Morgan fingerprint density at radius 3 is 2.62 bits per heavy atom. The molecule has 2 aromatic rings. The molecular formula is C17H15ClFNO. The largest absolute Gasteiger partial charge is 0.326 e. The van der Waals surface area contributed by atoms with E-state index in [-0.39, 0.29) is 16.8 Å². The maximum Gasteiger partial charge on any atom is 0.225 e. The average Bonchev–Trinajstić information content (AvgIpc) is 2.43. The molecule has 0 fully saturated rings. The van der Waals surface area contributed by atoms with Gasteiger partial charge in [0.25, 0.3) is 0 Å². The molecule has 0 radical (unpaired) electrons. The summed E-state index contributed by atoms with van der Waals surface area (Å²) in [4.78, 5) is 11.9. The predicted octanol–water partition coefficient (Wildman–Crippen LogP) is 4.57. The van der Waals surface area contributed by atoms with Crippen molar-refractivity contribution >= 4 is 23.2 Å². The van der Waals surface area contributed by atoms with Crippen LogP contribution in [0.4, 0.5) is 10.1 Å². The van der Waals surface area contributed by atoms with E-state index in [1.807, 2.05) is 19.9 Å². The second-order valence-electron chi connectivity index (χ2n) is 5.50. The molecule has 2 aromatic carbocycles. The molecular weight excluding hydrogens is 289 g/mol. The molecule has 2 nitrogen and oxygen atoms in total. The number of benzene rings is 2. The van der Waals surface area contributed by atoms with Crippen molar-refractivity contribution in [2.24, 2.45) is 0 Å². The van der Waals surface area contributed by atoms with Crippen molar-refractivity contribution < 1.29 is 9.18 Å². The van der Waals surface area contributed by atoms with Crippen LogP contribution in [0.25, 0.3) is 0 Å². The molecule has 4 heteroatoms. The summed E-state index contributed by atoms with van der Waals surface area (Å²) in [5, 5.41) is 2.99. The number of rotatable bonds is 1. The number of aryl methyl sites for hydroxylation is 2. The Kier molecular flexibility index (Phi) is 3.46. The lowest BCUT2D eigenvalue weighted by molar-refractivity contribution is -0.116. The first-order valence-electron chi connectivity index (χ1n) is 6.81. The van der Waals surface area contributed by atoms with E-state index < -0.39 is 5.82 Å². The normalized spacial score (nSPS) is 17.3. The number of nitrogens with one attached hydrogen (secondary N) is 1. The predicted molar refractivity (Wildman–Crippen MR) is 82.4 cm³/mol. The number of halogens is 2. The fraction of sp³-hybridized carbons (Fsp3) is 0.235. The summed E-state index contributed by atoms with van der Waals surface area (Å²) in [7, 11) is 0. The molecule has 21 heavy (non-hydrogen) atoms. The van der Waals surface area contributed by atoms with Gasteiger partial charge in [-0.05, 0) is 54.3 Å². The summed E-state index contributed by atoms with van der Waals surface area (Å²) in [6.45, 7) is 4.04. The molecule has 0 saturated heterocycles. The minimum absolute atomic E-state index is 0.0499. The van der Waals surface area contributed by atoms with Crippen LogP contribution in [0.2, 0.25) is 5.02 Å². The Labute approximate surface area is 127 Å². The Hall–Kier alpha value is -1.87. The summed E-state index contributed by atoms with van der Waals surface area (Å²) in [5.41, 5.74) is 4.90. The molecule has 1 N–H and O–H groups in total. The number of hydrogen-bond acceptors (Lipinski definition) is 1. The second kappa shape index (κ2) is 5.15. The minimum atomic E-state index is -0.453. The number of amides is 1. The zero-order chi connectivity index (χ0) is 15.1. The topological polar surface area (TPSA) is 29.1 Å². The van der Waals surface area contributed by atoms with Gasteiger partial charge < -0.3 is 5.32 Å². The lowest BCUT2D eigenvalue weighted by Crippen LogP contribution is -2.24. The van der Waals surface area contributed by atoms with Gasteiger partial charge in [0.15, 0.2) is 0 Å². The third-order valence-corrected chi connectivity index (χ3v) is 4.36. The summed E-state index contributed by atoms with van der Waals surface area (Å²) in [6, 6.07) is 8.79. The lowest BCUT2D eigenvalue weighted by atomic mass is 9.83. The van der Waals surface area contributed by atoms with Crippen molar-refractivity contribution in [3.05, 3.63) is 63.4 Å². The quantitative estimate of drug-likeness (QED) is 0.821. The van der Waals surface area contributed by atoms with Crippen LogP contribution in [0.3, 0.4) is 0 Å². The van der Waals surface area contributed by atoms with Gasteiger partial charge in [-0.15, -0.1) is 0 Å². The summed E-state index contributed by atoms with van der Waals surface area (Å²) in [5.74, 6) is -0.642. The first-order valence-corrected chi connectivity index (χ1v) is 7.19. The van der Waals surface area contributed by atoms with Gasteiger partial charge in [0.2, 0.25) is 5.91 Å². The van der Waals surface area contributed by atoms with Crippen LogP contribution in [0, 0.1) is 19.7 Å². The maximum absolute atomic E-state index is 13.7. The molecule has 0 unspecified atom stereocenters. The summed E-state index contributed by atoms with van der Waals surface area (Å²) >= 11 is 5.74. The van der Waals surface area contributed by atoms with E-state index in [1.54, 1.807) is 12.1 Å². The first kappa shape index (κ1) is 14.1. The Morgan fingerprint density at radius 1 is 1.19 bits per heavy atom. The number of carbonyl (C=O) groups is 1. The standard InChI is InChI=1S/C17H15ClFNO/c1-9-5-13-12(11-3-4-14(18)15(19)7-11)8-17(21)20-16(13)6-10(9)2/h3-7,12H,8H2,1-2H3,(H,20,21)/t12-/m0/s1. The average molecular weight is 304 g/mol. The lowest BCUT2D eigenvalue weighted by Gasteiger charge is -2.27. The van der Waals surface area contributed by atoms with Crippen molar-refractivity contribution in [1.29, 1.82) is 0 Å². The number of hydrogen-bond donors (Lipinski definition) is 1. The van der Waals surface area contributed by atoms with Crippen LogP contribution >= 0.6 is 11.6 Å². The van der Waals surface area contributed by atoms with E-state index >= 15 is 0 Å². The monoisotopic (exact) mass is 303 g/mol. The molecule has 1 aliphatic heterocycles. The van der Waals surface area contributed by atoms with Gasteiger partial charge >= 0.3 is 0 Å². The van der Waals surface area contributed by atoms with E-state index in [1.165, 1.54) is 6.07 Å². The fourth-order valence-electron chi connectivity index (χ4n) is 2.76. The highest BCUT2D eigenvalue weighted by molar-refractivity contribution is 6.30. The highest BCUT2D eigenvalue weighted by atomic mass is 35.5. The third kappa shape index (κ3) is 2.54. The fourth-order valence-corrected chi connectivity index (χ4v) is 2.88. The van der Waals surface area contributed by atoms with Crippen molar-refractivity contribution in [3.63, 3.8) is 0 Å². The Bertz CT molecular complexity index is 742. The molecule has 108 valence electrons. The highest BCUT2D eigenvalue weighted by Crippen LogP contribution is 2.39. The summed E-state index contributed by atoms with van der Waals surface area (Å²) < 4.78 is 13.7. The summed E-state index contributed by atoms with van der Waals surface area (Å²) in [6.07, 6.45) is 0.316. The number of anilines is 1. The molecule has 1 heterocycles. The van der Waals surface area contributed by atoms with Crippen molar-refractivity contribution in [1.82, 2.24) is 0 Å². The van der Waals surface area contributed by atoms with Crippen molar-refractivity contribution in [2.45, 2.75) is 26.2 Å². The Morgan fingerprint density at radius 2 is 1.90 bits per heavy atom. The highest BCUT2D eigenvalue weighted by Gasteiger charge is 2.27. The van der Waals surface area contributed by atoms with Crippen LogP contribution in [0.15, 0.2) is 30.3 Å². The molecule has 3 rings (SSSR count). The molecule has 0 aromatic heterocycles. The van der Waals surface area contributed by atoms with Crippen LogP contribution in [-0.2, 0) is 4.79 Å². The molecule has 1 aliphatic rings. The molecule has 1 amide bonds. The second-order valence-corrected chi connectivity index (χ2v) is 5.91. The van der Waals surface area contributed by atoms with E-state index in [0.717, 1.165) is 27.9 Å². The molecule has 0 bridgehead atoms. The smallest absolute Gasteiger partial charge is 0.225 e. The van der Waals surface area contributed by atoms with Crippen molar-refractivity contribution in [2.75, 3.05) is 5.32 Å². The molecule has 1 atom stereocenters. The van der Waals surface area contributed by atoms with Gasteiger partial charge in [0, 0.05) is 18.0 Å². The SMILES string of the molecule is Cc1cc2c(cc1C)[C@H](c1ccc(Cl)c(F)c1)CC(=O)N2. The third-order valence-electron chi connectivity index (χ3n) is 4.05. The van der Waals surface area contributed by atoms with Gasteiger partial charge in [-0.2, -0.15) is 0 Å². The van der Waals surface area contributed by atoms with Gasteiger partial charge in [0.05, 0.1) is 5.02 Å². The van der Waals surface area contributed by atoms with Crippen LogP contribution < -0.4 is 5.32 Å². The van der Waals surface area contributed by atoms with Gasteiger partial charge in [0.1, 0.15) is 5.82 Å². The van der Waals surface area contributed by atoms with E-state index in [2.05, 4.69) is 11.4 Å². The molecule has 0 aliphatic carbocycles. The molecule has 0 spiro atoms. The van der Waals surface area contributed by atoms with E-state index in [4.69, 9.17) is 11.6 Å². The van der Waals surface area contributed by atoms with E-state index in [0.29, 0.717) is 6.42 Å².